The van der Waals surface area contributed by atoms with Crippen LogP contribution in [-0.2, 0) is 9.53 Å². The van der Waals surface area contributed by atoms with Gasteiger partial charge >= 0.3 is 5.97 Å². The van der Waals surface area contributed by atoms with E-state index >= 15 is 0 Å². The maximum atomic E-state index is 12.2. The largest absolute Gasteiger partial charge is 0.496 e. The molecule has 4 nitrogen and oxygen atoms in total. The molecular formula is C15H23NO3. The van der Waals surface area contributed by atoms with E-state index in [0.29, 0.717) is 6.61 Å². The quantitative estimate of drug-likeness (QED) is 0.767. The van der Waals surface area contributed by atoms with Gasteiger partial charge in [0.15, 0.2) is 0 Å². The van der Waals surface area contributed by atoms with Crippen molar-refractivity contribution in [3.63, 3.8) is 0 Å². The highest BCUT2D eigenvalue weighted by Crippen LogP contribution is 2.33. The van der Waals surface area contributed by atoms with Crippen molar-refractivity contribution in [2.75, 3.05) is 27.8 Å². The van der Waals surface area contributed by atoms with Crippen molar-refractivity contribution in [1.29, 1.82) is 0 Å². The minimum absolute atomic E-state index is 0.254. The van der Waals surface area contributed by atoms with E-state index < -0.39 is 6.04 Å². The zero-order valence-electron chi connectivity index (χ0n) is 12.6. The lowest BCUT2D eigenvalue weighted by molar-refractivity contribution is -0.148. The summed E-state index contributed by atoms with van der Waals surface area (Å²) >= 11 is 0. The Kier molecular flexibility index (Phi) is 5.36. The summed E-state index contributed by atoms with van der Waals surface area (Å²) in [5.74, 6) is 0.494. The second-order valence-electron chi connectivity index (χ2n) is 4.82. The van der Waals surface area contributed by atoms with E-state index in [2.05, 4.69) is 0 Å². The van der Waals surface area contributed by atoms with Crippen LogP contribution in [0.3, 0.4) is 0 Å². The van der Waals surface area contributed by atoms with E-state index in [-0.39, 0.29) is 5.97 Å². The molecule has 1 rings (SSSR count). The standard InChI is InChI=1S/C15H23NO3/c1-7-19-15(17)13(16(4)5)12-9-10(2)8-11(3)14(12)18-6/h8-9,13H,7H2,1-6H3. The first-order valence-electron chi connectivity index (χ1n) is 6.40. The van der Waals surface area contributed by atoms with E-state index in [9.17, 15) is 4.79 Å². The third-order valence-corrected chi connectivity index (χ3v) is 2.97. The molecule has 4 heteroatoms. The summed E-state index contributed by atoms with van der Waals surface area (Å²) in [6.07, 6.45) is 0. The molecule has 0 saturated heterocycles. The number of hydrogen-bond donors (Lipinski definition) is 0. The summed E-state index contributed by atoms with van der Waals surface area (Å²) in [5, 5.41) is 0. The van der Waals surface area contributed by atoms with Crippen LogP contribution in [0.15, 0.2) is 12.1 Å². The van der Waals surface area contributed by atoms with Gasteiger partial charge in [-0.3, -0.25) is 4.90 Å². The molecule has 0 aliphatic rings. The average molecular weight is 265 g/mol. The van der Waals surface area contributed by atoms with Gasteiger partial charge in [-0.2, -0.15) is 0 Å². The number of benzene rings is 1. The number of ether oxygens (including phenoxy) is 2. The Bertz CT molecular complexity index is 455. The molecule has 0 aromatic heterocycles. The van der Waals surface area contributed by atoms with Gasteiger partial charge < -0.3 is 9.47 Å². The second-order valence-corrected chi connectivity index (χ2v) is 4.82. The lowest BCUT2D eigenvalue weighted by Gasteiger charge is -2.25. The molecule has 0 amide bonds. The molecule has 0 aliphatic heterocycles. The normalized spacial score (nSPS) is 12.4. The Labute approximate surface area is 115 Å². The van der Waals surface area contributed by atoms with Gasteiger partial charge in [-0.05, 0) is 40.4 Å². The maximum Gasteiger partial charge on any atom is 0.328 e. The molecule has 0 saturated carbocycles. The molecule has 1 atom stereocenters. The van der Waals surface area contributed by atoms with Crippen molar-refractivity contribution in [1.82, 2.24) is 4.90 Å². The first kappa shape index (κ1) is 15.5. The minimum Gasteiger partial charge on any atom is -0.496 e. The molecule has 0 heterocycles. The van der Waals surface area contributed by atoms with Gasteiger partial charge in [0.25, 0.3) is 0 Å². The molecule has 1 unspecified atom stereocenters. The second kappa shape index (κ2) is 6.57. The highest BCUT2D eigenvalue weighted by atomic mass is 16.5. The number of carbonyl (C=O) groups excluding carboxylic acids is 1. The molecule has 0 N–H and O–H groups in total. The fourth-order valence-electron chi connectivity index (χ4n) is 2.31. The Balaban J connectivity index is 3.33. The first-order valence-corrected chi connectivity index (χ1v) is 6.40. The van der Waals surface area contributed by atoms with Crippen LogP contribution in [0.4, 0.5) is 0 Å². The smallest absolute Gasteiger partial charge is 0.328 e. The van der Waals surface area contributed by atoms with E-state index in [4.69, 9.17) is 9.47 Å². The van der Waals surface area contributed by atoms with Crippen LogP contribution < -0.4 is 4.74 Å². The highest BCUT2D eigenvalue weighted by Gasteiger charge is 2.28. The van der Waals surface area contributed by atoms with Crippen molar-refractivity contribution in [2.24, 2.45) is 0 Å². The summed E-state index contributed by atoms with van der Waals surface area (Å²) in [7, 11) is 5.34. The van der Waals surface area contributed by atoms with Crippen LogP contribution in [0.1, 0.15) is 29.7 Å². The minimum atomic E-state index is -0.450. The van der Waals surface area contributed by atoms with Crippen molar-refractivity contribution >= 4 is 5.97 Å². The Morgan fingerprint density at radius 1 is 1.32 bits per heavy atom. The molecule has 0 aliphatic carbocycles. The lowest BCUT2D eigenvalue weighted by Crippen LogP contribution is -2.30. The molecular weight excluding hydrogens is 242 g/mol. The van der Waals surface area contributed by atoms with Crippen LogP contribution >= 0.6 is 0 Å². The number of methoxy groups -OCH3 is 1. The van der Waals surface area contributed by atoms with Gasteiger partial charge in [-0.25, -0.2) is 4.79 Å². The number of carbonyl (C=O) groups is 1. The average Bonchev–Trinajstić information content (AvgIpc) is 2.28. The number of hydrogen-bond acceptors (Lipinski definition) is 4. The van der Waals surface area contributed by atoms with E-state index in [1.807, 2.05) is 51.9 Å². The third kappa shape index (κ3) is 3.47. The predicted octanol–water partition coefficient (Wildman–Crippen LogP) is 2.48. The van der Waals surface area contributed by atoms with Crippen LogP contribution in [0.25, 0.3) is 0 Å². The molecule has 1 aromatic rings. The van der Waals surface area contributed by atoms with Crippen LogP contribution in [0, 0.1) is 13.8 Å². The summed E-state index contributed by atoms with van der Waals surface area (Å²) in [5.41, 5.74) is 2.97. The van der Waals surface area contributed by atoms with E-state index in [0.717, 1.165) is 22.4 Å². The zero-order chi connectivity index (χ0) is 14.6. The van der Waals surface area contributed by atoms with Crippen molar-refractivity contribution < 1.29 is 14.3 Å². The monoisotopic (exact) mass is 265 g/mol. The van der Waals surface area contributed by atoms with Crippen molar-refractivity contribution in [3.8, 4) is 5.75 Å². The topological polar surface area (TPSA) is 38.8 Å². The fraction of sp³-hybridized carbons (Fsp3) is 0.533. The Morgan fingerprint density at radius 2 is 1.95 bits per heavy atom. The number of aryl methyl sites for hydroxylation is 2. The summed E-state index contributed by atoms with van der Waals surface area (Å²) < 4.78 is 10.6. The van der Waals surface area contributed by atoms with E-state index in [1.54, 1.807) is 7.11 Å². The molecule has 0 fully saturated rings. The van der Waals surface area contributed by atoms with Gasteiger partial charge in [0, 0.05) is 5.56 Å². The maximum absolute atomic E-state index is 12.2. The molecule has 0 bridgehead atoms. The third-order valence-electron chi connectivity index (χ3n) is 2.97. The van der Waals surface area contributed by atoms with Crippen LogP contribution in [0.2, 0.25) is 0 Å². The van der Waals surface area contributed by atoms with Gasteiger partial charge in [-0.15, -0.1) is 0 Å². The number of likely N-dealkylation sites (N-methyl/N-ethyl adjacent to an activating group) is 1. The predicted molar refractivity (Wildman–Crippen MR) is 75.5 cm³/mol. The summed E-state index contributed by atoms with van der Waals surface area (Å²) in [4.78, 5) is 14.0. The van der Waals surface area contributed by atoms with Crippen LogP contribution in [-0.4, -0.2) is 38.7 Å². The molecule has 106 valence electrons. The van der Waals surface area contributed by atoms with Crippen molar-refractivity contribution in [2.45, 2.75) is 26.8 Å². The van der Waals surface area contributed by atoms with Gasteiger partial charge in [0.1, 0.15) is 11.8 Å². The van der Waals surface area contributed by atoms with Gasteiger partial charge in [0.05, 0.1) is 13.7 Å². The first-order chi connectivity index (χ1) is 8.92. The lowest BCUT2D eigenvalue weighted by atomic mass is 9.99. The summed E-state index contributed by atoms with van der Waals surface area (Å²) in [6.45, 7) is 6.17. The molecule has 0 radical (unpaired) electrons. The highest BCUT2D eigenvalue weighted by molar-refractivity contribution is 5.79. The van der Waals surface area contributed by atoms with Crippen LogP contribution in [0.5, 0.6) is 5.75 Å². The number of rotatable bonds is 5. The number of nitrogens with zero attached hydrogens (tertiary/aromatic N) is 1. The van der Waals surface area contributed by atoms with Gasteiger partial charge in [0.2, 0.25) is 0 Å². The van der Waals surface area contributed by atoms with Crippen molar-refractivity contribution in [3.05, 3.63) is 28.8 Å². The molecule has 1 aromatic carbocycles. The fourth-order valence-corrected chi connectivity index (χ4v) is 2.31. The summed E-state index contributed by atoms with van der Waals surface area (Å²) in [6, 6.07) is 3.57. The Hall–Kier alpha value is -1.55. The zero-order valence-corrected chi connectivity index (χ0v) is 12.6. The SMILES string of the molecule is CCOC(=O)C(c1cc(C)cc(C)c1OC)N(C)C. The molecule has 0 spiro atoms. The Morgan fingerprint density at radius 3 is 2.42 bits per heavy atom. The number of esters is 1. The molecule has 19 heavy (non-hydrogen) atoms. The van der Waals surface area contributed by atoms with Gasteiger partial charge in [-0.1, -0.05) is 17.7 Å². The van der Waals surface area contributed by atoms with E-state index in [1.165, 1.54) is 0 Å².